The van der Waals surface area contributed by atoms with Crippen LogP contribution in [0.5, 0.6) is 0 Å². The number of aliphatic carboxylic acids is 1. The van der Waals surface area contributed by atoms with Crippen molar-refractivity contribution in [2.45, 2.75) is 26.2 Å². The number of hydrogen-bond acceptors (Lipinski definition) is 3. The number of pyridine rings is 1. The number of carboxylic acid groups (broad SMARTS) is 1. The van der Waals surface area contributed by atoms with Crippen molar-refractivity contribution >= 4 is 11.9 Å². The Bertz CT molecular complexity index is 465. The van der Waals surface area contributed by atoms with E-state index < -0.39 is 11.4 Å². The Morgan fingerprint density at radius 3 is 2.58 bits per heavy atom. The van der Waals surface area contributed by atoms with Gasteiger partial charge in [0.2, 0.25) is 0 Å². The first-order valence-electron chi connectivity index (χ1n) is 6.52. The molecule has 0 aliphatic carbocycles. The lowest BCUT2D eigenvalue weighted by atomic mass is 9.76. The molecule has 1 fully saturated rings. The van der Waals surface area contributed by atoms with Crippen LogP contribution in [0.4, 0.5) is 0 Å². The fourth-order valence-electron chi connectivity index (χ4n) is 2.53. The molecule has 2 heterocycles. The second-order valence-corrected chi connectivity index (χ2v) is 4.97. The van der Waals surface area contributed by atoms with Gasteiger partial charge in [-0.2, -0.15) is 0 Å². The molecule has 19 heavy (non-hydrogen) atoms. The van der Waals surface area contributed by atoms with Crippen LogP contribution in [-0.2, 0) is 4.79 Å². The summed E-state index contributed by atoms with van der Waals surface area (Å²) in [6.07, 6.45) is 4.81. The number of carbonyl (C=O) groups excluding carboxylic acids is 1. The fourth-order valence-corrected chi connectivity index (χ4v) is 2.53. The van der Waals surface area contributed by atoms with Crippen LogP contribution in [0.2, 0.25) is 0 Å². The highest BCUT2D eigenvalue weighted by Gasteiger charge is 2.40. The van der Waals surface area contributed by atoms with Crippen molar-refractivity contribution in [1.82, 2.24) is 9.88 Å². The van der Waals surface area contributed by atoms with Crippen molar-refractivity contribution in [2.24, 2.45) is 5.41 Å². The normalized spacial score (nSPS) is 18.1. The molecule has 0 spiro atoms. The van der Waals surface area contributed by atoms with Crippen molar-refractivity contribution in [3.05, 3.63) is 30.1 Å². The minimum absolute atomic E-state index is 0.0665. The summed E-state index contributed by atoms with van der Waals surface area (Å²) in [4.78, 5) is 29.2. The van der Waals surface area contributed by atoms with E-state index in [1.165, 1.54) is 0 Å². The zero-order valence-electron chi connectivity index (χ0n) is 11.0. The van der Waals surface area contributed by atoms with Crippen LogP contribution >= 0.6 is 0 Å². The van der Waals surface area contributed by atoms with Gasteiger partial charge in [0.15, 0.2) is 0 Å². The van der Waals surface area contributed by atoms with Crippen LogP contribution in [-0.4, -0.2) is 40.0 Å². The monoisotopic (exact) mass is 262 g/mol. The van der Waals surface area contributed by atoms with Gasteiger partial charge in [-0.3, -0.25) is 14.6 Å². The Hall–Kier alpha value is -1.91. The summed E-state index contributed by atoms with van der Waals surface area (Å²) in [5, 5.41) is 9.32. The Morgan fingerprint density at radius 2 is 2.11 bits per heavy atom. The standard InChI is InChI=1S/C14H18N2O3/c1-2-14(13(18)19)5-8-16(9-6-14)12(17)11-4-3-7-15-10-11/h3-4,7,10H,2,5-6,8-9H2,1H3,(H,18,19). The van der Waals surface area contributed by atoms with Gasteiger partial charge in [0.25, 0.3) is 5.91 Å². The number of rotatable bonds is 3. The van der Waals surface area contributed by atoms with E-state index in [2.05, 4.69) is 4.98 Å². The summed E-state index contributed by atoms with van der Waals surface area (Å²) in [6, 6.07) is 3.46. The van der Waals surface area contributed by atoms with Crippen LogP contribution in [0, 0.1) is 5.41 Å². The summed E-state index contributed by atoms with van der Waals surface area (Å²) >= 11 is 0. The van der Waals surface area contributed by atoms with E-state index >= 15 is 0 Å². The Kier molecular flexibility index (Phi) is 3.83. The maximum atomic E-state index is 12.2. The number of likely N-dealkylation sites (tertiary alicyclic amines) is 1. The lowest BCUT2D eigenvalue weighted by molar-refractivity contribution is -0.152. The second kappa shape index (κ2) is 5.38. The number of aromatic nitrogens is 1. The average Bonchev–Trinajstić information content (AvgIpc) is 2.47. The number of hydrogen-bond donors (Lipinski definition) is 1. The molecule has 0 saturated carbocycles. The summed E-state index contributed by atoms with van der Waals surface area (Å²) in [7, 11) is 0. The summed E-state index contributed by atoms with van der Waals surface area (Å²) in [6.45, 7) is 2.88. The predicted molar refractivity (Wildman–Crippen MR) is 69.7 cm³/mol. The van der Waals surface area contributed by atoms with Gasteiger partial charge in [-0.05, 0) is 31.4 Å². The van der Waals surface area contributed by atoms with E-state index in [0.29, 0.717) is 37.9 Å². The van der Waals surface area contributed by atoms with Crippen LogP contribution in [0.25, 0.3) is 0 Å². The molecule has 0 unspecified atom stereocenters. The smallest absolute Gasteiger partial charge is 0.309 e. The fraction of sp³-hybridized carbons (Fsp3) is 0.500. The molecule has 0 aromatic carbocycles. The summed E-state index contributed by atoms with van der Waals surface area (Å²) in [5.74, 6) is -0.813. The van der Waals surface area contributed by atoms with Crippen molar-refractivity contribution in [3.63, 3.8) is 0 Å². The third kappa shape index (κ3) is 2.59. The van der Waals surface area contributed by atoms with Crippen LogP contribution in [0.15, 0.2) is 24.5 Å². The molecular formula is C14H18N2O3. The number of piperidine rings is 1. The first-order chi connectivity index (χ1) is 9.09. The minimum atomic E-state index is -0.747. The number of carbonyl (C=O) groups is 2. The van der Waals surface area contributed by atoms with E-state index in [1.807, 2.05) is 6.92 Å². The first kappa shape index (κ1) is 13.5. The van der Waals surface area contributed by atoms with Gasteiger partial charge in [-0.1, -0.05) is 6.92 Å². The maximum Gasteiger partial charge on any atom is 0.309 e. The Balaban J connectivity index is 2.04. The summed E-state index contributed by atoms with van der Waals surface area (Å²) < 4.78 is 0. The number of carboxylic acids is 1. The largest absolute Gasteiger partial charge is 0.481 e. The first-order valence-corrected chi connectivity index (χ1v) is 6.52. The molecule has 0 bridgehead atoms. The van der Waals surface area contributed by atoms with E-state index in [-0.39, 0.29) is 5.91 Å². The molecule has 1 aromatic heterocycles. The summed E-state index contributed by atoms with van der Waals surface area (Å²) in [5.41, 5.74) is -0.104. The van der Waals surface area contributed by atoms with Crippen LogP contribution in [0.1, 0.15) is 36.5 Å². The van der Waals surface area contributed by atoms with Crippen molar-refractivity contribution in [3.8, 4) is 0 Å². The topological polar surface area (TPSA) is 70.5 Å². The molecule has 0 radical (unpaired) electrons. The van der Waals surface area contributed by atoms with E-state index in [9.17, 15) is 14.7 Å². The molecule has 1 saturated heterocycles. The van der Waals surface area contributed by atoms with E-state index in [0.717, 1.165) is 0 Å². The van der Waals surface area contributed by atoms with Crippen LogP contribution in [0.3, 0.4) is 0 Å². The molecule has 1 amide bonds. The predicted octanol–water partition coefficient (Wildman–Crippen LogP) is 1.80. The third-order valence-electron chi connectivity index (χ3n) is 4.05. The highest BCUT2D eigenvalue weighted by molar-refractivity contribution is 5.94. The molecule has 1 aliphatic heterocycles. The van der Waals surface area contributed by atoms with Crippen molar-refractivity contribution in [1.29, 1.82) is 0 Å². The third-order valence-corrected chi connectivity index (χ3v) is 4.05. The van der Waals surface area contributed by atoms with Gasteiger partial charge in [0, 0.05) is 25.5 Å². The molecule has 1 aliphatic rings. The van der Waals surface area contributed by atoms with Gasteiger partial charge in [-0.25, -0.2) is 0 Å². The van der Waals surface area contributed by atoms with Gasteiger partial charge >= 0.3 is 5.97 Å². The highest BCUT2D eigenvalue weighted by Crippen LogP contribution is 2.35. The van der Waals surface area contributed by atoms with E-state index in [1.54, 1.807) is 29.4 Å². The number of amides is 1. The zero-order valence-corrected chi connectivity index (χ0v) is 11.0. The van der Waals surface area contributed by atoms with Crippen LogP contribution < -0.4 is 0 Å². The molecule has 102 valence electrons. The molecule has 5 nitrogen and oxygen atoms in total. The lowest BCUT2D eigenvalue weighted by Gasteiger charge is -2.38. The Morgan fingerprint density at radius 1 is 1.42 bits per heavy atom. The minimum Gasteiger partial charge on any atom is -0.481 e. The molecule has 1 aromatic rings. The van der Waals surface area contributed by atoms with Crippen molar-refractivity contribution in [2.75, 3.05) is 13.1 Å². The molecule has 5 heteroatoms. The van der Waals surface area contributed by atoms with Gasteiger partial charge in [-0.15, -0.1) is 0 Å². The quantitative estimate of drug-likeness (QED) is 0.901. The maximum absolute atomic E-state index is 12.2. The average molecular weight is 262 g/mol. The number of nitrogens with zero attached hydrogens (tertiary/aromatic N) is 2. The molecular weight excluding hydrogens is 244 g/mol. The zero-order chi connectivity index (χ0) is 13.9. The Labute approximate surface area is 112 Å². The highest BCUT2D eigenvalue weighted by atomic mass is 16.4. The molecule has 1 N–H and O–H groups in total. The van der Waals surface area contributed by atoms with E-state index in [4.69, 9.17) is 0 Å². The SMILES string of the molecule is CCC1(C(=O)O)CCN(C(=O)c2cccnc2)CC1. The van der Waals surface area contributed by atoms with Gasteiger partial charge in [0.1, 0.15) is 0 Å². The molecule has 0 atom stereocenters. The van der Waals surface area contributed by atoms with Gasteiger partial charge < -0.3 is 10.0 Å². The molecule has 2 rings (SSSR count). The van der Waals surface area contributed by atoms with Gasteiger partial charge in [0.05, 0.1) is 11.0 Å². The lowest BCUT2D eigenvalue weighted by Crippen LogP contribution is -2.46. The second-order valence-electron chi connectivity index (χ2n) is 4.97. The van der Waals surface area contributed by atoms with Crippen molar-refractivity contribution < 1.29 is 14.7 Å².